The van der Waals surface area contributed by atoms with Crippen LogP contribution in [-0.2, 0) is 6.42 Å². The quantitative estimate of drug-likeness (QED) is 0.383. The van der Waals surface area contributed by atoms with Gasteiger partial charge in [-0.1, -0.05) is 38.1 Å². The second-order valence-corrected chi connectivity index (χ2v) is 8.32. The summed E-state index contributed by atoms with van der Waals surface area (Å²) in [6, 6.07) is 14.9. The van der Waals surface area contributed by atoms with E-state index in [1.54, 1.807) is 23.0 Å². The highest BCUT2D eigenvalue weighted by Gasteiger charge is 2.20. The summed E-state index contributed by atoms with van der Waals surface area (Å²) in [5, 5.41) is 12.2. The van der Waals surface area contributed by atoms with Crippen LogP contribution in [-0.4, -0.2) is 30.4 Å². The zero-order valence-corrected chi connectivity index (χ0v) is 19.2. The number of nitrogens with two attached hydrogens (primary N) is 1. The molecule has 172 valence electrons. The Morgan fingerprint density at radius 1 is 1.18 bits per heavy atom. The number of carbonyl (C=O) groups excluding carboxylic acids is 1. The lowest BCUT2D eigenvalue weighted by atomic mass is 10.2. The highest BCUT2D eigenvalue weighted by molar-refractivity contribution is 6.04. The van der Waals surface area contributed by atoms with Crippen molar-refractivity contribution in [1.29, 1.82) is 0 Å². The van der Waals surface area contributed by atoms with Crippen molar-refractivity contribution < 1.29 is 9.32 Å². The summed E-state index contributed by atoms with van der Waals surface area (Å²) in [6.45, 7) is 6.17. The minimum Gasteiger partial charge on any atom is -0.380 e. The van der Waals surface area contributed by atoms with Gasteiger partial charge in [-0.05, 0) is 42.8 Å². The summed E-state index contributed by atoms with van der Waals surface area (Å²) in [5.41, 5.74) is 9.93. The lowest BCUT2D eigenvalue weighted by Crippen LogP contribution is -2.18. The zero-order chi connectivity index (χ0) is 23.8. The van der Waals surface area contributed by atoms with Crippen LogP contribution in [0, 0.1) is 0 Å². The molecule has 0 bridgehead atoms. The monoisotopic (exact) mass is 455 g/mol. The number of imidazole rings is 1. The summed E-state index contributed by atoms with van der Waals surface area (Å²) in [6.07, 6.45) is 4.36. The fourth-order valence-electron chi connectivity index (χ4n) is 3.96. The van der Waals surface area contributed by atoms with Crippen LogP contribution in [0.2, 0.25) is 0 Å². The number of aryl methyl sites for hydroxylation is 1. The first-order valence-electron chi connectivity index (χ1n) is 11.1. The molecule has 1 amide bonds. The van der Waals surface area contributed by atoms with Crippen LogP contribution < -0.4 is 11.1 Å². The van der Waals surface area contributed by atoms with Crippen LogP contribution in [0.25, 0.3) is 22.3 Å². The summed E-state index contributed by atoms with van der Waals surface area (Å²) in [7, 11) is 0. The van der Waals surface area contributed by atoms with Gasteiger partial charge in [-0.2, -0.15) is 5.10 Å². The first-order valence-corrected chi connectivity index (χ1v) is 11.1. The van der Waals surface area contributed by atoms with Crippen LogP contribution in [0.1, 0.15) is 48.7 Å². The number of benzene rings is 2. The third kappa shape index (κ3) is 3.71. The number of nitrogen functional groups attached to an aromatic ring is 1. The van der Waals surface area contributed by atoms with E-state index < -0.39 is 0 Å². The molecule has 3 N–H and O–H groups in total. The van der Waals surface area contributed by atoms with E-state index in [2.05, 4.69) is 34.4 Å². The first-order chi connectivity index (χ1) is 16.5. The SMILES string of the molecule is CCc1cc(C(=O)Nc2ccccc2-n2ccnc2C(C)C)n(-c2ccc3onc(N)c3c2)n1. The molecule has 5 rings (SSSR count). The van der Waals surface area contributed by atoms with E-state index in [-0.39, 0.29) is 11.8 Å². The summed E-state index contributed by atoms with van der Waals surface area (Å²) in [4.78, 5) is 18.0. The summed E-state index contributed by atoms with van der Waals surface area (Å²) < 4.78 is 8.83. The molecule has 5 aromatic rings. The molecule has 0 fully saturated rings. The van der Waals surface area contributed by atoms with E-state index in [1.165, 1.54) is 0 Å². The fourth-order valence-corrected chi connectivity index (χ4v) is 3.96. The largest absolute Gasteiger partial charge is 0.380 e. The van der Waals surface area contributed by atoms with Gasteiger partial charge in [0.15, 0.2) is 11.4 Å². The predicted molar refractivity (Wildman–Crippen MR) is 131 cm³/mol. The lowest BCUT2D eigenvalue weighted by Gasteiger charge is -2.15. The molecule has 3 aromatic heterocycles. The van der Waals surface area contributed by atoms with Crippen LogP contribution in [0.3, 0.4) is 0 Å². The van der Waals surface area contributed by atoms with Crippen molar-refractivity contribution in [3.8, 4) is 11.4 Å². The van der Waals surface area contributed by atoms with Gasteiger partial charge in [-0.3, -0.25) is 4.79 Å². The van der Waals surface area contributed by atoms with Crippen LogP contribution in [0.4, 0.5) is 11.5 Å². The summed E-state index contributed by atoms with van der Waals surface area (Å²) >= 11 is 0. The molecule has 2 aromatic carbocycles. The van der Waals surface area contributed by atoms with Crippen molar-refractivity contribution >= 4 is 28.4 Å². The number of amides is 1. The smallest absolute Gasteiger partial charge is 0.274 e. The average Bonchev–Trinajstić information content (AvgIpc) is 3.58. The molecule has 9 nitrogen and oxygen atoms in total. The molecule has 0 aliphatic carbocycles. The molecular formula is C25H25N7O2. The Balaban J connectivity index is 1.54. The number of fused-ring (bicyclic) bond motifs is 1. The van der Waals surface area contributed by atoms with Gasteiger partial charge in [0.05, 0.1) is 28.1 Å². The molecule has 0 unspecified atom stereocenters. The number of aromatic nitrogens is 5. The Hall–Kier alpha value is -4.40. The molecule has 3 heterocycles. The van der Waals surface area contributed by atoms with Gasteiger partial charge in [-0.15, -0.1) is 0 Å². The summed E-state index contributed by atoms with van der Waals surface area (Å²) in [5.74, 6) is 1.16. The van der Waals surface area contributed by atoms with E-state index in [0.29, 0.717) is 40.3 Å². The number of hydrogen-bond acceptors (Lipinski definition) is 6. The maximum absolute atomic E-state index is 13.5. The number of hydrogen-bond donors (Lipinski definition) is 2. The number of carbonyl (C=O) groups is 1. The molecule has 0 atom stereocenters. The van der Waals surface area contributed by atoms with Crippen molar-refractivity contribution in [3.63, 3.8) is 0 Å². The number of anilines is 2. The standard InChI is InChI=1S/C25H25N7O2/c1-4-16-13-21(32(29-16)17-9-10-22-18(14-17)23(26)30-34-22)25(33)28-19-7-5-6-8-20(19)31-12-11-27-24(31)15(2)3/h5-15H,4H2,1-3H3,(H2,26,30)(H,28,33). The van der Waals surface area contributed by atoms with E-state index in [9.17, 15) is 4.79 Å². The van der Waals surface area contributed by atoms with Gasteiger partial charge in [-0.25, -0.2) is 9.67 Å². The molecule has 34 heavy (non-hydrogen) atoms. The normalized spacial score (nSPS) is 11.4. The van der Waals surface area contributed by atoms with Crippen LogP contribution in [0.15, 0.2) is 65.4 Å². The van der Waals surface area contributed by atoms with Crippen molar-refractivity contribution in [1.82, 2.24) is 24.5 Å². The lowest BCUT2D eigenvalue weighted by molar-refractivity contribution is 0.101. The minimum absolute atomic E-state index is 0.229. The van der Waals surface area contributed by atoms with Crippen molar-refractivity contribution in [3.05, 3.63) is 78.1 Å². The minimum atomic E-state index is -0.274. The molecule has 0 radical (unpaired) electrons. The van der Waals surface area contributed by atoms with E-state index >= 15 is 0 Å². The Morgan fingerprint density at radius 3 is 2.79 bits per heavy atom. The van der Waals surface area contributed by atoms with Crippen LogP contribution >= 0.6 is 0 Å². The maximum atomic E-state index is 13.5. The number of nitrogens with zero attached hydrogens (tertiary/aromatic N) is 5. The third-order valence-corrected chi connectivity index (χ3v) is 5.68. The zero-order valence-electron chi connectivity index (χ0n) is 19.2. The topological polar surface area (TPSA) is 117 Å². The maximum Gasteiger partial charge on any atom is 0.274 e. The van der Waals surface area contributed by atoms with Crippen molar-refractivity contribution in [2.24, 2.45) is 0 Å². The second-order valence-electron chi connectivity index (χ2n) is 8.32. The van der Waals surface area contributed by atoms with Crippen LogP contribution in [0.5, 0.6) is 0 Å². The van der Waals surface area contributed by atoms with Gasteiger partial charge >= 0.3 is 0 Å². The Labute approximate surface area is 196 Å². The molecule has 9 heteroatoms. The molecular weight excluding hydrogens is 430 g/mol. The average molecular weight is 456 g/mol. The number of para-hydroxylation sites is 2. The predicted octanol–water partition coefficient (Wildman–Crippen LogP) is 4.72. The van der Waals surface area contributed by atoms with E-state index in [0.717, 1.165) is 17.2 Å². The molecule has 0 saturated carbocycles. The van der Waals surface area contributed by atoms with E-state index in [1.807, 2.05) is 54.1 Å². The Morgan fingerprint density at radius 2 is 2.00 bits per heavy atom. The van der Waals surface area contributed by atoms with Gasteiger partial charge < -0.3 is 20.1 Å². The Bertz CT molecular complexity index is 1490. The third-order valence-electron chi connectivity index (χ3n) is 5.68. The number of rotatable bonds is 6. The Kier molecular flexibility index (Phi) is 5.37. The molecule has 0 saturated heterocycles. The fraction of sp³-hybridized carbons (Fsp3) is 0.200. The molecule has 0 spiro atoms. The van der Waals surface area contributed by atoms with Gasteiger partial charge in [0, 0.05) is 18.3 Å². The first kappa shape index (κ1) is 21.4. The van der Waals surface area contributed by atoms with Crippen molar-refractivity contribution in [2.75, 3.05) is 11.1 Å². The van der Waals surface area contributed by atoms with Gasteiger partial charge in [0.2, 0.25) is 0 Å². The molecule has 0 aliphatic heterocycles. The van der Waals surface area contributed by atoms with Crippen molar-refractivity contribution in [2.45, 2.75) is 33.1 Å². The highest BCUT2D eigenvalue weighted by atomic mass is 16.5. The second kappa shape index (κ2) is 8.51. The van der Waals surface area contributed by atoms with E-state index in [4.69, 9.17) is 10.3 Å². The highest BCUT2D eigenvalue weighted by Crippen LogP contribution is 2.27. The van der Waals surface area contributed by atoms with Gasteiger partial charge in [0.25, 0.3) is 5.91 Å². The number of nitrogens with one attached hydrogen (secondary N) is 1. The molecule has 0 aliphatic rings. The van der Waals surface area contributed by atoms with Gasteiger partial charge in [0.1, 0.15) is 11.5 Å².